The molecule has 3 N–H and O–H groups in total. The first-order valence-electron chi connectivity index (χ1n) is 19.6. The highest BCUT2D eigenvalue weighted by Crippen LogP contribution is 2.28. The number of anilines is 4. The molecule has 0 saturated carbocycles. The SMILES string of the molecule is C=C1CCN(c2ccc(CCN3CCN(c4ccc(Nc5cc(-c6ccc(CNC(=C)C(=N/C(=C\C)C(C)(C)C)OC)c(C)c6)ncn5)nc4)CC3)cc2)C(=O)N1. The quantitative estimate of drug-likeness (QED) is 0.0918. The molecule has 0 spiro atoms. The number of allylic oxidation sites excluding steroid dienone is 2. The molecule has 0 atom stereocenters. The molecule has 12 nitrogen and oxygen atoms in total. The van der Waals surface area contributed by atoms with Gasteiger partial charge in [0.1, 0.15) is 18.0 Å². The maximum Gasteiger partial charge on any atom is 0.326 e. The monoisotopic (exact) mass is 768 g/mol. The van der Waals surface area contributed by atoms with Crippen molar-refractivity contribution in [1.82, 2.24) is 30.5 Å². The third-order valence-electron chi connectivity index (χ3n) is 10.4. The summed E-state index contributed by atoms with van der Waals surface area (Å²) in [5.74, 6) is 1.87. The number of aromatic nitrogens is 3. The number of aryl methyl sites for hydroxylation is 1. The summed E-state index contributed by atoms with van der Waals surface area (Å²) in [6, 6.07) is 20.6. The molecule has 0 aliphatic carbocycles. The molecular formula is C45H56N10O2. The van der Waals surface area contributed by atoms with Crippen molar-refractivity contribution in [2.45, 2.75) is 54.0 Å². The lowest BCUT2D eigenvalue weighted by molar-refractivity contribution is 0.246. The van der Waals surface area contributed by atoms with E-state index < -0.39 is 0 Å². The fourth-order valence-corrected chi connectivity index (χ4v) is 6.94. The standard InChI is InChI=1S/C45H56N10O2/c1-9-40(45(5,6)7)51-43(57-8)33(4)46-28-36-13-12-35(26-31(36)2)39-27-42(49-30-48-39)52-41-17-16-38(29-47-41)54-24-22-53(23-25-54)20-19-34-10-14-37(15-11-34)55-21-18-32(3)50-44(55)56/h9-17,26-27,29-30,46H,3-4,18-25,28H2,1-2,5-8H3,(H,50,56)(H,47,48,49,52)/b40-9-,51-43?. The Morgan fingerprint density at radius 1 is 0.965 bits per heavy atom. The van der Waals surface area contributed by atoms with Crippen LogP contribution in [0.5, 0.6) is 0 Å². The number of piperazine rings is 1. The van der Waals surface area contributed by atoms with E-state index in [0.29, 0.717) is 30.5 Å². The van der Waals surface area contributed by atoms with Crippen molar-refractivity contribution in [3.05, 3.63) is 126 Å². The van der Waals surface area contributed by atoms with Crippen LogP contribution in [-0.2, 0) is 17.7 Å². The number of nitrogens with one attached hydrogen (secondary N) is 3. The molecule has 4 aromatic rings. The van der Waals surface area contributed by atoms with Gasteiger partial charge in [-0.15, -0.1) is 0 Å². The second-order valence-electron chi connectivity index (χ2n) is 15.5. The normalized spacial score (nSPS) is 15.7. The number of pyridine rings is 1. The van der Waals surface area contributed by atoms with E-state index in [4.69, 9.17) is 14.7 Å². The van der Waals surface area contributed by atoms with E-state index in [1.807, 2.05) is 43.5 Å². The Balaban J connectivity index is 0.971. The average Bonchev–Trinajstić information content (AvgIpc) is 3.20. The minimum Gasteiger partial charge on any atom is -0.480 e. The number of methoxy groups -OCH3 is 1. The highest BCUT2D eigenvalue weighted by molar-refractivity contribution is 5.94. The molecule has 4 heterocycles. The Morgan fingerprint density at radius 3 is 2.37 bits per heavy atom. The lowest BCUT2D eigenvalue weighted by Gasteiger charge is -2.36. The Hall–Kier alpha value is -6.01. The predicted octanol–water partition coefficient (Wildman–Crippen LogP) is 7.99. The first kappa shape index (κ1) is 40.6. The summed E-state index contributed by atoms with van der Waals surface area (Å²) in [6.45, 7) is 24.6. The zero-order valence-electron chi connectivity index (χ0n) is 34.2. The molecule has 2 aliphatic heterocycles. The second kappa shape index (κ2) is 18.3. The number of nitrogens with zero attached hydrogens (tertiary/aromatic N) is 7. The van der Waals surface area contributed by atoms with Crippen LogP contribution in [0.25, 0.3) is 11.3 Å². The van der Waals surface area contributed by atoms with Crippen LogP contribution in [0.1, 0.15) is 50.8 Å². The Labute approximate surface area is 337 Å². The Morgan fingerprint density at radius 2 is 1.72 bits per heavy atom. The van der Waals surface area contributed by atoms with Gasteiger partial charge in [0.2, 0.25) is 5.90 Å². The van der Waals surface area contributed by atoms with Gasteiger partial charge in [0.05, 0.1) is 30.4 Å². The van der Waals surface area contributed by atoms with Crippen molar-refractivity contribution in [1.29, 1.82) is 0 Å². The van der Waals surface area contributed by atoms with Gasteiger partial charge in [0, 0.05) is 86.4 Å². The fraction of sp³-hybridized carbons (Fsp3) is 0.356. The predicted molar refractivity (Wildman–Crippen MR) is 232 cm³/mol. The van der Waals surface area contributed by atoms with Gasteiger partial charge in [0.25, 0.3) is 0 Å². The first-order valence-corrected chi connectivity index (χ1v) is 19.6. The second-order valence-corrected chi connectivity index (χ2v) is 15.5. The van der Waals surface area contributed by atoms with E-state index in [0.717, 1.165) is 96.5 Å². The van der Waals surface area contributed by atoms with Crippen molar-refractivity contribution < 1.29 is 9.53 Å². The van der Waals surface area contributed by atoms with E-state index in [1.165, 1.54) is 5.56 Å². The summed E-state index contributed by atoms with van der Waals surface area (Å²) in [6.07, 6.45) is 7.24. The minimum atomic E-state index is -0.108. The van der Waals surface area contributed by atoms with Gasteiger partial charge < -0.3 is 25.6 Å². The highest BCUT2D eigenvalue weighted by atomic mass is 16.5. The van der Waals surface area contributed by atoms with Crippen LogP contribution in [0, 0.1) is 12.3 Å². The van der Waals surface area contributed by atoms with Crippen LogP contribution in [-0.4, -0.2) is 78.2 Å². The fourth-order valence-electron chi connectivity index (χ4n) is 6.94. The Bertz CT molecular complexity index is 2110. The molecule has 57 heavy (non-hydrogen) atoms. The molecule has 0 unspecified atom stereocenters. The summed E-state index contributed by atoms with van der Waals surface area (Å²) >= 11 is 0. The highest BCUT2D eigenvalue weighted by Gasteiger charge is 2.22. The average molecular weight is 769 g/mol. The number of hydrogen-bond acceptors (Lipinski definition) is 10. The maximum atomic E-state index is 12.3. The summed E-state index contributed by atoms with van der Waals surface area (Å²) in [7, 11) is 1.62. The van der Waals surface area contributed by atoms with E-state index in [-0.39, 0.29) is 11.4 Å². The zero-order chi connectivity index (χ0) is 40.5. The van der Waals surface area contributed by atoms with Crippen LogP contribution in [0.4, 0.5) is 27.8 Å². The van der Waals surface area contributed by atoms with Gasteiger partial charge in [-0.05, 0) is 67.3 Å². The van der Waals surface area contributed by atoms with Crippen molar-refractivity contribution in [3.8, 4) is 11.3 Å². The smallest absolute Gasteiger partial charge is 0.326 e. The van der Waals surface area contributed by atoms with Crippen LogP contribution in [0.15, 0.2) is 115 Å². The molecule has 12 heteroatoms. The number of ether oxygens (including phenoxy) is 1. The number of benzene rings is 2. The zero-order valence-corrected chi connectivity index (χ0v) is 34.2. The molecule has 2 saturated heterocycles. The van der Waals surface area contributed by atoms with Gasteiger partial charge in [0.15, 0.2) is 0 Å². The molecule has 2 aromatic heterocycles. The van der Waals surface area contributed by atoms with Crippen molar-refractivity contribution in [2.75, 3.05) is 61.5 Å². The van der Waals surface area contributed by atoms with E-state index in [2.05, 4.69) is 113 Å². The van der Waals surface area contributed by atoms with Gasteiger partial charge in [-0.3, -0.25) is 9.80 Å². The molecule has 2 amide bonds. The van der Waals surface area contributed by atoms with E-state index >= 15 is 0 Å². The summed E-state index contributed by atoms with van der Waals surface area (Å²) < 4.78 is 5.57. The van der Waals surface area contributed by atoms with Gasteiger partial charge in [-0.2, -0.15) is 0 Å². The van der Waals surface area contributed by atoms with Crippen molar-refractivity contribution >= 4 is 34.9 Å². The number of carbonyl (C=O) groups is 1. The maximum absolute atomic E-state index is 12.3. The molecule has 2 aliphatic rings. The molecule has 298 valence electrons. The molecule has 6 rings (SSSR count). The lowest BCUT2D eigenvalue weighted by Crippen LogP contribution is -2.47. The number of rotatable bonds is 13. The number of carbonyl (C=O) groups excluding carboxylic acids is 1. The number of amides is 2. The number of urea groups is 1. The third kappa shape index (κ3) is 10.6. The number of aliphatic imine (C=N–C) groups is 1. The van der Waals surface area contributed by atoms with E-state index in [9.17, 15) is 4.79 Å². The van der Waals surface area contributed by atoms with Gasteiger partial charge in [-0.1, -0.05) is 64.3 Å². The first-order chi connectivity index (χ1) is 27.4. The minimum absolute atomic E-state index is 0.105. The third-order valence-corrected chi connectivity index (χ3v) is 10.4. The summed E-state index contributed by atoms with van der Waals surface area (Å²) in [4.78, 5) is 37.4. The van der Waals surface area contributed by atoms with Crippen LogP contribution in [0.3, 0.4) is 0 Å². The largest absolute Gasteiger partial charge is 0.480 e. The Kier molecular flexibility index (Phi) is 13.0. The molecule has 0 bridgehead atoms. The van der Waals surface area contributed by atoms with Crippen LogP contribution >= 0.6 is 0 Å². The van der Waals surface area contributed by atoms with Crippen molar-refractivity contribution in [2.24, 2.45) is 10.4 Å². The molecule has 0 radical (unpaired) electrons. The van der Waals surface area contributed by atoms with Gasteiger partial charge in [-0.25, -0.2) is 24.7 Å². The molecular weight excluding hydrogens is 713 g/mol. The topological polar surface area (TPSA) is 123 Å². The van der Waals surface area contributed by atoms with Crippen LogP contribution < -0.4 is 25.8 Å². The summed E-state index contributed by atoms with van der Waals surface area (Å²) in [5.41, 5.74) is 9.61. The number of hydrogen-bond donors (Lipinski definition) is 3. The molecule has 2 fully saturated rings. The van der Waals surface area contributed by atoms with Crippen LogP contribution in [0.2, 0.25) is 0 Å². The lowest BCUT2D eigenvalue weighted by atomic mass is 9.92. The van der Waals surface area contributed by atoms with E-state index in [1.54, 1.807) is 18.3 Å². The van der Waals surface area contributed by atoms with Crippen molar-refractivity contribution in [3.63, 3.8) is 0 Å². The summed E-state index contributed by atoms with van der Waals surface area (Å²) in [5, 5.41) is 9.55. The molecule has 2 aromatic carbocycles. The van der Waals surface area contributed by atoms with Gasteiger partial charge >= 0.3 is 6.03 Å².